The Labute approximate surface area is 391 Å². The highest BCUT2D eigenvalue weighted by Crippen LogP contribution is 2.46. The molecule has 0 radical (unpaired) electrons. The number of hydrogen-bond acceptors (Lipinski definition) is 2. The zero-order valence-electron chi connectivity index (χ0n) is 36.7. The highest BCUT2D eigenvalue weighted by molar-refractivity contribution is 6.26. The molecule has 1 aliphatic rings. The van der Waals surface area contributed by atoms with Crippen LogP contribution in [0.15, 0.2) is 212 Å². The number of aromatic nitrogens is 3. The lowest BCUT2D eigenvalue weighted by atomic mass is 9.93. The average molecular weight is 864 g/mol. The molecule has 0 saturated carbocycles. The first-order chi connectivity index (χ1) is 33.6. The molecule has 0 bridgehead atoms. The third kappa shape index (κ3) is 5.42. The monoisotopic (exact) mass is 863 g/mol. The predicted molar refractivity (Wildman–Crippen MR) is 278 cm³/mol. The molecule has 5 heteroatoms. The fourth-order valence-corrected chi connectivity index (χ4v) is 11.4. The molecule has 0 spiro atoms. The van der Waals surface area contributed by atoms with E-state index in [4.69, 9.17) is 0 Å². The number of para-hydroxylation sites is 4. The topological polar surface area (TPSA) is 62.4 Å². The summed E-state index contributed by atoms with van der Waals surface area (Å²) >= 11 is 0. The first-order valence-corrected chi connectivity index (χ1v) is 23.0. The van der Waals surface area contributed by atoms with Crippen LogP contribution in [0.1, 0.15) is 22.3 Å². The number of nitriles is 2. The normalized spacial score (nSPS) is 12.0. The number of nitrogens with zero attached hydrogens (tertiary/aromatic N) is 5. The summed E-state index contributed by atoms with van der Waals surface area (Å²) < 4.78 is 7.29. The summed E-state index contributed by atoms with van der Waals surface area (Å²) in [7, 11) is 0. The SMILES string of the molecule is N#Cc1ccccc1-c1ccc(-c2cc(-n3c4ccccc4c4cc5c(cc43)Cc3ccccc3-5)cc(-n3c4ccccc4c4c3ccc3c5ccccc5n(-c5ccccc5)c34)c2)cc1C#N. The smallest absolute Gasteiger partial charge is 0.0998 e. The van der Waals surface area contributed by atoms with E-state index in [0.29, 0.717) is 11.1 Å². The summed E-state index contributed by atoms with van der Waals surface area (Å²) in [5.41, 5.74) is 19.7. The van der Waals surface area contributed by atoms with Gasteiger partial charge < -0.3 is 13.7 Å². The van der Waals surface area contributed by atoms with Crippen molar-refractivity contribution in [3.63, 3.8) is 0 Å². The van der Waals surface area contributed by atoms with Crippen LogP contribution in [0.4, 0.5) is 0 Å². The molecule has 10 aromatic carbocycles. The number of rotatable bonds is 5. The number of fused-ring (bicyclic) bond motifs is 13. The molecule has 3 aromatic heterocycles. The Hall–Kier alpha value is -9.42. The van der Waals surface area contributed by atoms with Crippen LogP contribution in [-0.2, 0) is 6.42 Å². The Morgan fingerprint density at radius 2 is 0.926 bits per heavy atom. The Bertz CT molecular complexity index is 4370. The zero-order valence-corrected chi connectivity index (χ0v) is 36.7. The van der Waals surface area contributed by atoms with Gasteiger partial charge in [-0.1, -0.05) is 133 Å². The minimum atomic E-state index is 0.511. The third-order valence-electron chi connectivity index (χ3n) is 14.3. The quantitative estimate of drug-likeness (QED) is 0.173. The van der Waals surface area contributed by atoms with Crippen LogP contribution in [0.3, 0.4) is 0 Å². The molecule has 13 aromatic rings. The van der Waals surface area contributed by atoms with Gasteiger partial charge in [-0.15, -0.1) is 0 Å². The highest BCUT2D eigenvalue weighted by Gasteiger charge is 2.25. The molecular formula is C63H37N5. The van der Waals surface area contributed by atoms with Crippen molar-refractivity contribution in [2.45, 2.75) is 6.42 Å². The van der Waals surface area contributed by atoms with E-state index >= 15 is 0 Å². The summed E-state index contributed by atoms with van der Waals surface area (Å²) in [6, 6.07) is 80.4. The maximum Gasteiger partial charge on any atom is 0.0998 e. The fourth-order valence-electron chi connectivity index (χ4n) is 11.4. The van der Waals surface area contributed by atoms with Crippen molar-refractivity contribution in [3.05, 3.63) is 235 Å². The molecule has 1 aliphatic carbocycles. The van der Waals surface area contributed by atoms with Gasteiger partial charge in [0.2, 0.25) is 0 Å². The van der Waals surface area contributed by atoms with Crippen molar-refractivity contribution in [3.8, 4) is 62.6 Å². The summed E-state index contributed by atoms with van der Waals surface area (Å²) in [5, 5.41) is 28.0. The number of benzene rings is 10. The lowest BCUT2D eigenvalue weighted by Crippen LogP contribution is -2.01. The Morgan fingerprint density at radius 3 is 1.69 bits per heavy atom. The van der Waals surface area contributed by atoms with E-state index in [2.05, 4.69) is 202 Å². The van der Waals surface area contributed by atoms with Crippen molar-refractivity contribution < 1.29 is 0 Å². The van der Waals surface area contributed by atoms with Crippen LogP contribution in [0.2, 0.25) is 0 Å². The lowest BCUT2D eigenvalue weighted by molar-refractivity contribution is 1.13. The Kier molecular flexibility index (Phi) is 8.11. The molecule has 68 heavy (non-hydrogen) atoms. The average Bonchev–Trinajstić information content (AvgIpc) is 4.14. The maximum atomic E-state index is 10.7. The van der Waals surface area contributed by atoms with Gasteiger partial charge in [0.25, 0.3) is 0 Å². The molecule has 3 heterocycles. The molecule has 0 atom stereocenters. The summed E-state index contributed by atoms with van der Waals surface area (Å²) in [4.78, 5) is 0. The van der Waals surface area contributed by atoms with Crippen molar-refractivity contribution in [1.82, 2.24) is 13.7 Å². The van der Waals surface area contributed by atoms with E-state index in [1.165, 1.54) is 60.1 Å². The van der Waals surface area contributed by atoms with Crippen molar-refractivity contribution in [2.24, 2.45) is 0 Å². The molecule has 0 unspecified atom stereocenters. The molecule has 0 amide bonds. The van der Waals surface area contributed by atoms with Gasteiger partial charge in [0, 0.05) is 60.5 Å². The van der Waals surface area contributed by atoms with Gasteiger partial charge in [0.05, 0.1) is 56.4 Å². The second-order valence-corrected chi connectivity index (χ2v) is 17.9. The summed E-state index contributed by atoms with van der Waals surface area (Å²) in [5.74, 6) is 0. The Morgan fingerprint density at radius 1 is 0.324 bits per heavy atom. The second kappa shape index (κ2) is 14.5. The minimum absolute atomic E-state index is 0.511. The molecule has 0 saturated heterocycles. The van der Waals surface area contributed by atoms with Gasteiger partial charge in [0.15, 0.2) is 0 Å². The Balaban J connectivity index is 1.08. The predicted octanol–water partition coefficient (Wildman–Crippen LogP) is 15.6. The molecule has 5 nitrogen and oxygen atoms in total. The van der Waals surface area contributed by atoms with Crippen molar-refractivity contribution >= 4 is 65.4 Å². The molecular weight excluding hydrogens is 827 g/mol. The van der Waals surface area contributed by atoms with E-state index in [1.54, 1.807) is 6.07 Å². The van der Waals surface area contributed by atoms with Crippen LogP contribution >= 0.6 is 0 Å². The van der Waals surface area contributed by atoms with Crippen LogP contribution < -0.4 is 0 Å². The molecule has 0 aliphatic heterocycles. The van der Waals surface area contributed by atoms with Gasteiger partial charge >= 0.3 is 0 Å². The van der Waals surface area contributed by atoms with Crippen LogP contribution in [0.25, 0.3) is 116 Å². The highest BCUT2D eigenvalue weighted by atomic mass is 15.0. The molecule has 14 rings (SSSR count). The molecule has 314 valence electrons. The van der Waals surface area contributed by atoms with Gasteiger partial charge in [-0.05, 0) is 119 Å². The molecule has 0 fully saturated rings. The van der Waals surface area contributed by atoms with Gasteiger partial charge in [-0.3, -0.25) is 0 Å². The largest absolute Gasteiger partial charge is 0.309 e. The standard InChI is InChI=1S/C63H37N5/c64-37-41-15-5-7-19-49(41)50-27-26-39(30-44(50)38-65)42-32-46(35-47(33-42)67-57-23-11-9-21-52(57)56-36-55-43(34-61(56)67)31-40-14-4-6-18-48(40)55)66-59-25-13-10-22-54(59)62-60(66)29-28-53-51-20-8-12-24-58(51)68(63(53)62)45-16-2-1-3-17-45/h1-30,32-36H,31H2. The number of hydrogen-bond donors (Lipinski definition) is 0. The molecule has 0 N–H and O–H groups in total. The minimum Gasteiger partial charge on any atom is -0.309 e. The van der Waals surface area contributed by atoms with Crippen LogP contribution in [0, 0.1) is 22.7 Å². The van der Waals surface area contributed by atoms with Crippen LogP contribution in [0.5, 0.6) is 0 Å². The summed E-state index contributed by atoms with van der Waals surface area (Å²) in [6.07, 6.45) is 0.891. The van der Waals surface area contributed by atoms with E-state index in [1.807, 2.05) is 30.3 Å². The first kappa shape index (κ1) is 37.9. The van der Waals surface area contributed by atoms with Gasteiger partial charge in [-0.2, -0.15) is 10.5 Å². The maximum absolute atomic E-state index is 10.7. The van der Waals surface area contributed by atoms with E-state index < -0.39 is 0 Å². The summed E-state index contributed by atoms with van der Waals surface area (Å²) in [6.45, 7) is 0. The van der Waals surface area contributed by atoms with Crippen LogP contribution in [-0.4, -0.2) is 13.7 Å². The van der Waals surface area contributed by atoms with Crippen molar-refractivity contribution in [1.29, 1.82) is 10.5 Å². The van der Waals surface area contributed by atoms with E-state index in [0.717, 1.165) is 73.3 Å². The first-order valence-electron chi connectivity index (χ1n) is 23.0. The fraction of sp³-hybridized carbons (Fsp3) is 0.0159. The van der Waals surface area contributed by atoms with E-state index in [9.17, 15) is 10.5 Å². The van der Waals surface area contributed by atoms with Crippen molar-refractivity contribution in [2.75, 3.05) is 0 Å². The second-order valence-electron chi connectivity index (χ2n) is 17.9. The van der Waals surface area contributed by atoms with Gasteiger partial charge in [-0.25, -0.2) is 0 Å². The van der Waals surface area contributed by atoms with Gasteiger partial charge in [0.1, 0.15) is 0 Å². The zero-order chi connectivity index (χ0) is 45.0. The lowest BCUT2D eigenvalue weighted by Gasteiger charge is -2.17. The van der Waals surface area contributed by atoms with E-state index in [-0.39, 0.29) is 0 Å². The third-order valence-corrected chi connectivity index (χ3v) is 14.3.